The number of nitrogens with zero attached hydrogens (tertiary/aromatic N) is 2. The summed E-state index contributed by atoms with van der Waals surface area (Å²) in [5, 5.41) is 8.19. The molecule has 3 aromatic carbocycles. The first-order valence-electron chi connectivity index (χ1n) is 14.4. The second-order valence-electron chi connectivity index (χ2n) is 10.1. The highest BCUT2D eigenvalue weighted by molar-refractivity contribution is 6.00. The maximum Gasteiger partial charge on any atom is 0.336 e. The van der Waals surface area contributed by atoms with Crippen LogP contribution in [0.4, 0.5) is 0 Å². The molecule has 0 amide bonds. The van der Waals surface area contributed by atoms with Crippen LogP contribution >= 0.6 is 0 Å². The van der Waals surface area contributed by atoms with Gasteiger partial charge in [-0.2, -0.15) is 5.10 Å². The highest BCUT2D eigenvalue weighted by Crippen LogP contribution is 2.43. The molecule has 4 aromatic rings. The number of esters is 2. The normalized spacial score (nSPS) is 13.5. The number of carbonyl (C=O) groups excluding carboxylic acids is 2. The lowest BCUT2D eigenvalue weighted by atomic mass is 9.79. The van der Waals surface area contributed by atoms with Gasteiger partial charge in [-0.25, -0.2) is 14.3 Å². The fraction of sp³-hybridized carbons (Fsp3) is 0.229. The van der Waals surface area contributed by atoms with Crippen LogP contribution in [0.5, 0.6) is 5.75 Å². The largest absolute Gasteiger partial charge is 0.489 e. The van der Waals surface area contributed by atoms with Crippen molar-refractivity contribution in [3.63, 3.8) is 0 Å². The van der Waals surface area contributed by atoms with Gasteiger partial charge in [0, 0.05) is 28.7 Å². The zero-order valence-corrected chi connectivity index (χ0v) is 24.8. The number of dihydropyridines is 1. The highest BCUT2D eigenvalue weighted by atomic mass is 16.5. The van der Waals surface area contributed by atoms with E-state index in [4.69, 9.17) is 19.3 Å². The van der Waals surface area contributed by atoms with Gasteiger partial charge in [0.2, 0.25) is 0 Å². The third-order valence-electron chi connectivity index (χ3n) is 7.20. The summed E-state index contributed by atoms with van der Waals surface area (Å²) in [6.45, 7) is 7.97. The molecule has 0 fully saturated rings. The Bertz CT molecular complexity index is 1610. The summed E-state index contributed by atoms with van der Waals surface area (Å²) in [6.07, 6.45) is 1.87. The Morgan fingerprint density at radius 2 is 1.35 bits per heavy atom. The molecule has 1 aromatic heterocycles. The number of benzene rings is 3. The predicted molar refractivity (Wildman–Crippen MR) is 164 cm³/mol. The Morgan fingerprint density at radius 1 is 0.791 bits per heavy atom. The third-order valence-corrected chi connectivity index (χ3v) is 7.20. The molecule has 220 valence electrons. The molecule has 8 nitrogen and oxygen atoms in total. The number of para-hydroxylation sites is 1. The van der Waals surface area contributed by atoms with Crippen LogP contribution in [0.2, 0.25) is 0 Å². The van der Waals surface area contributed by atoms with Crippen molar-refractivity contribution in [3.8, 4) is 22.7 Å². The first-order valence-corrected chi connectivity index (χ1v) is 14.4. The average Bonchev–Trinajstić information content (AvgIpc) is 3.46. The molecular weight excluding hydrogens is 542 g/mol. The van der Waals surface area contributed by atoms with Crippen LogP contribution in [-0.2, 0) is 25.7 Å². The average molecular weight is 578 g/mol. The maximum absolute atomic E-state index is 13.4. The van der Waals surface area contributed by atoms with E-state index >= 15 is 0 Å². The fourth-order valence-corrected chi connectivity index (χ4v) is 5.25. The van der Waals surface area contributed by atoms with Gasteiger partial charge < -0.3 is 19.5 Å². The summed E-state index contributed by atoms with van der Waals surface area (Å²) in [4.78, 5) is 26.9. The smallest absolute Gasteiger partial charge is 0.336 e. The van der Waals surface area contributed by atoms with Crippen molar-refractivity contribution in [3.05, 3.63) is 125 Å². The maximum atomic E-state index is 13.4. The van der Waals surface area contributed by atoms with Crippen molar-refractivity contribution in [1.29, 1.82) is 0 Å². The van der Waals surface area contributed by atoms with Crippen LogP contribution in [0.25, 0.3) is 16.9 Å². The number of nitrogens with one attached hydrogen (secondary N) is 1. The molecule has 2 heterocycles. The van der Waals surface area contributed by atoms with Gasteiger partial charge in [0.05, 0.1) is 41.7 Å². The monoisotopic (exact) mass is 577 g/mol. The molecule has 5 rings (SSSR count). The number of allylic oxidation sites excluding steroid dienone is 2. The first kappa shape index (κ1) is 29.4. The van der Waals surface area contributed by atoms with E-state index in [1.54, 1.807) is 18.5 Å². The number of aromatic nitrogens is 2. The van der Waals surface area contributed by atoms with Crippen LogP contribution < -0.4 is 10.1 Å². The zero-order valence-electron chi connectivity index (χ0n) is 24.8. The Hall–Kier alpha value is -5.11. The van der Waals surface area contributed by atoms with Crippen LogP contribution in [0.15, 0.2) is 114 Å². The van der Waals surface area contributed by atoms with Crippen LogP contribution in [0.3, 0.4) is 0 Å². The van der Waals surface area contributed by atoms with Crippen molar-refractivity contribution in [2.24, 2.45) is 0 Å². The number of hydrogen-bond donors (Lipinski definition) is 1. The zero-order chi connectivity index (χ0) is 30.3. The van der Waals surface area contributed by atoms with Crippen molar-refractivity contribution >= 4 is 11.9 Å². The summed E-state index contributed by atoms with van der Waals surface area (Å²) in [5.41, 5.74) is 5.90. The van der Waals surface area contributed by atoms with Crippen molar-refractivity contribution in [2.45, 2.75) is 40.2 Å². The Morgan fingerprint density at radius 3 is 1.91 bits per heavy atom. The molecular formula is C35H35N3O5. The molecule has 0 saturated heterocycles. The van der Waals surface area contributed by atoms with Crippen molar-refractivity contribution in [2.75, 3.05) is 13.2 Å². The number of rotatable bonds is 10. The summed E-state index contributed by atoms with van der Waals surface area (Å²) in [5.74, 6) is -1.07. The molecule has 1 N–H and O–H groups in total. The SMILES string of the molecule is CCOC(=O)C1=C(C)NC(C)=C(C(=O)OCC)C1c1cn(-c2ccccc2)nc1-c1ccc(OCc2ccccc2)cc1. The van der Waals surface area contributed by atoms with E-state index in [1.165, 1.54) is 0 Å². The Balaban J connectivity index is 1.63. The summed E-state index contributed by atoms with van der Waals surface area (Å²) >= 11 is 0. The minimum atomic E-state index is -0.777. The highest BCUT2D eigenvalue weighted by Gasteiger charge is 2.40. The fourth-order valence-electron chi connectivity index (χ4n) is 5.25. The molecule has 1 aliphatic heterocycles. The van der Waals surface area contributed by atoms with E-state index in [-0.39, 0.29) is 13.2 Å². The third kappa shape index (κ3) is 6.38. The Kier molecular flexibility index (Phi) is 9.05. The van der Waals surface area contributed by atoms with E-state index in [1.807, 2.05) is 105 Å². The summed E-state index contributed by atoms with van der Waals surface area (Å²) in [7, 11) is 0. The van der Waals surface area contributed by atoms with Crippen LogP contribution in [-0.4, -0.2) is 34.9 Å². The second kappa shape index (κ2) is 13.2. The first-order chi connectivity index (χ1) is 20.9. The lowest BCUT2D eigenvalue weighted by Gasteiger charge is -2.30. The molecule has 0 unspecified atom stereocenters. The van der Waals surface area contributed by atoms with E-state index in [2.05, 4.69) is 5.32 Å². The second-order valence-corrected chi connectivity index (χ2v) is 10.1. The van der Waals surface area contributed by atoms with Gasteiger partial charge in [0.25, 0.3) is 0 Å². The van der Waals surface area contributed by atoms with Gasteiger partial charge in [-0.1, -0.05) is 48.5 Å². The molecule has 1 aliphatic rings. The van der Waals surface area contributed by atoms with Gasteiger partial charge in [-0.15, -0.1) is 0 Å². The van der Waals surface area contributed by atoms with Gasteiger partial charge in [0.1, 0.15) is 12.4 Å². The lowest BCUT2D eigenvalue weighted by Crippen LogP contribution is -2.32. The van der Waals surface area contributed by atoms with Gasteiger partial charge in [-0.3, -0.25) is 0 Å². The molecule has 0 radical (unpaired) electrons. The van der Waals surface area contributed by atoms with E-state index in [0.29, 0.717) is 46.2 Å². The minimum Gasteiger partial charge on any atom is -0.489 e. The van der Waals surface area contributed by atoms with E-state index < -0.39 is 17.9 Å². The molecule has 0 spiro atoms. The van der Waals surface area contributed by atoms with Gasteiger partial charge in [-0.05, 0) is 69.7 Å². The van der Waals surface area contributed by atoms with E-state index in [0.717, 1.165) is 16.8 Å². The Labute approximate surface area is 251 Å². The quantitative estimate of drug-likeness (QED) is 0.216. The van der Waals surface area contributed by atoms with Crippen LogP contribution in [0, 0.1) is 0 Å². The molecule has 43 heavy (non-hydrogen) atoms. The summed E-state index contributed by atoms with van der Waals surface area (Å²) < 4.78 is 18.8. The lowest BCUT2D eigenvalue weighted by molar-refractivity contribution is -0.139. The molecule has 0 atom stereocenters. The minimum absolute atomic E-state index is 0.195. The molecule has 0 aliphatic carbocycles. The number of ether oxygens (including phenoxy) is 3. The van der Waals surface area contributed by atoms with E-state index in [9.17, 15) is 9.59 Å². The van der Waals surface area contributed by atoms with Crippen molar-refractivity contribution < 1.29 is 23.8 Å². The van der Waals surface area contributed by atoms with Crippen molar-refractivity contribution in [1.82, 2.24) is 15.1 Å². The molecule has 8 heteroatoms. The summed E-state index contributed by atoms with van der Waals surface area (Å²) in [6, 6.07) is 27.3. The van der Waals surface area contributed by atoms with Gasteiger partial charge in [0.15, 0.2) is 0 Å². The molecule has 0 bridgehead atoms. The number of carbonyl (C=O) groups is 2. The van der Waals surface area contributed by atoms with Gasteiger partial charge >= 0.3 is 11.9 Å². The standard InChI is InChI=1S/C35H35N3O5/c1-5-41-34(39)30-23(3)36-24(4)31(35(40)42-6-2)32(30)29-21-38(27-15-11-8-12-16-27)37-33(29)26-17-19-28(20-18-26)43-22-25-13-9-7-10-14-25/h7-21,32,36H,5-6,22H2,1-4H3. The molecule has 0 saturated carbocycles. The van der Waals surface area contributed by atoms with Crippen LogP contribution in [0.1, 0.15) is 44.7 Å². The predicted octanol–water partition coefficient (Wildman–Crippen LogP) is 6.48. The number of hydrogen-bond acceptors (Lipinski definition) is 7. The topological polar surface area (TPSA) is 91.7 Å².